The summed E-state index contributed by atoms with van der Waals surface area (Å²) in [6.07, 6.45) is 0. The fourth-order valence-electron chi connectivity index (χ4n) is 7.04. The summed E-state index contributed by atoms with van der Waals surface area (Å²) in [4.78, 5) is 0. The number of furan rings is 2. The van der Waals surface area contributed by atoms with Gasteiger partial charge in [0.15, 0.2) is 11.2 Å². The molecule has 3 heteroatoms. The Bertz CT molecular complexity index is 2500. The molecule has 4 aromatic heterocycles. The predicted octanol–water partition coefficient (Wildman–Crippen LogP) is 10.6. The summed E-state index contributed by atoms with van der Waals surface area (Å²) in [6.45, 7) is 2.15. The van der Waals surface area contributed by atoms with Gasteiger partial charge in [0, 0.05) is 43.1 Å². The van der Waals surface area contributed by atoms with Crippen LogP contribution in [-0.2, 0) is 0 Å². The summed E-state index contributed by atoms with van der Waals surface area (Å²) >= 11 is 0. The van der Waals surface area contributed by atoms with Crippen LogP contribution in [-0.4, -0.2) is 4.40 Å². The summed E-state index contributed by atoms with van der Waals surface area (Å²) in [5.41, 5.74) is 10.7. The molecule has 10 rings (SSSR count). The molecule has 0 unspecified atom stereocenters. The highest BCUT2D eigenvalue weighted by atomic mass is 16.3. The number of nitrogens with zero attached hydrogens (tertiary/aromatic N) is 1. The van der Waals surface area contributed by atoms with Crippen LogP contribution < -0.4 is 0 Å². The lowest BCUT2D eigenvalue weighted by Gasteiger charge is -2.05. The number of aromatic nitrogens is 1. The normalized spacial score (nSPS) is 12.6. The topological polar surface area (TPSA) is 30.7 Å². The van der Waals surface area contributed by atoms with Crippen molar-refractivity contribution in [1.29, 1.82) is 0 Å². The van der Waals surface area contributed by atoms with E-state index in [-0.39, 0.29) is 0 Å². The molecule has 0 bridgehead atoms. The third-order valence-electron chi connectivity index (χ3n) is 8.75. The largest absolute Gasteiger partial charge is 0.454 e. The molecule has 0 aliphatic rings. The number of aryl methyl sites for hydroxylation is 1. The molecule has 0 saturated heterocycles. The molecular formula is C37H21NO2. The van der Waals surface area contributed by atoms with Crippen molar-refractivity contribution in [3.63, 3.8) is 0 Å². The van der Waals surface area contributed by atoms with Gasteiger partial charge in [-0.3, -0.25) is 0 Å². The third kappa shape index (κ3) is 2.42. The van der Waals surface area contributed by atoms with Crippen molar-refractivity contribution in [3.05, 3.63) is 115 Å². The zero-order valence-electron chi connectivity index (χ0n) is 21.7. The van der Waals surface area contributed by atoms with E-state index in [9.17, 15) is 0 Å². The molecular weight excluding hydrogens is 490 g/mol. The number of hydrogen-bond acceptors (Lipinski definition) is 2. The average Bonchev–Trinajstić information content (AvgIpc) is 3.72. The van der Waals surface area contributed by atoms with Gasteiger partial charge in [-0.2, -0.15) is 0 Å². The fraction of sp³-hybridized carbons (Fsp3) is 0.0270. The van der Waals surface area contributed by atoms with Gasteiger partial charge in [-0.1, -0.05) is 78.4 Å². The predicted molar refractivity (Wildman–Crippen MR) is 166 cm³/mol. The summed E-state index contributed by atoms with van der Waals surface area (Å²) in [6, 6.07) is 39.1. The molecule has 0 aliphatic heterocycles. The Labute approximate surface area is 227 Å². The first-order chi connectivity index (χ1) is 19.7. The molecule has 6 aromatic carbocycles. The highest BCUT2D eigenvalue weighted by Crippen LogP contribution is 2.47. The summed E-state index contributed by atoms with van der Waals surface area (Å²) in [5.74, 6) is 0. The lowest BCUT2D eigenvalue weighted by atomic mass is 9.98. The SMILES string of the molecule is Cc1cccc(-c2cc3c4ccc5c6ccccc6oc5c4n4c3c(c2)c2ccc3c5ccccc5oc3c24)c1. The smallest absolute Gasteiger partial charge is 0.160 e. The first-order valence-corrected chi connectivity index (χ1v) is 13.7. The summed E-state index contributed by atoms with van der Waals surface area (Å²) in [5, 5.41) is 9.38. The van der Waals surface area contributed by atoms with Gasteiger partial charge >= 0.3 is 0 Å². The van der Waals surface area contributed by atoms with Gasteiger partial charge in [-0.15, -0.1) is 0 Å². The van der Waals surface area contributed by atoms with Crippen molar-refractivity contribution in [3.8, 4) is 11.1 Å². The van der Waals surface area contributed by atoms with E-state index in [2.05, 4.69) is 108 Å². The molecule has 0 aliphatic carbocycles. The second-order valence-corrected chi connectivity index (χ2v) is 11.0. The Morgan fingerprint density at radius 1 is 0.425 bits per heavy atom. The fourth-order valence-corrected chi connectivity index (χ4v) is 7.04. The van der Waals surface area contributed by atoms with Gasteiger partial charge in [-0.25, -0.2) is 0 Å². The van der Waals surface area contributed by atoms with E-state index >= 15 is 0 Å². The van der Waals surface area contributed by atoms with E-state index in [4.69, 9.17) is 8.83 Å². The van der Waals surface area contributed by atoms with Crippen molar-refractivity contribution in [1.82, 2.24) is 4.40 Å². The Balaban J connectivity index is 1.51. The molecule has 0 spiro atoms. The van der Waals surface area contributed by atoms with Gasteiger partial charge in [0.05, 0.1) is 16.6 Å². The van der Waals surface area contributed by atoms with Crippen molar-refractivity contribution >= 4 is 82.0 Å². The monoisotopic (exact) mass is 511 g/mol. The summed E-state index contributed by atoms with van der Waals surface area (Å²) < 4.78 is 15.7. The van der Waals surface area contributed by atoms with Gasteiger partial charge in [0.1, 0.15) is 11.2 Å². The molecule has 3 nitrogen and oxygen atoms in total. The Hall–Kier alpha value is -5.28. The van der Waals surface area contributed by atoms with Crippen molar-refractivity contribution < 1.29 is 8.83 Å². The first-order valence-electron chi connectivity index (χ1n) is 13.7. The first kappa shape index (κ1) is 20.7. The maximum Gasteiger partial charge on any atom is 0.160 e. The summed E-state index contributed by atoms with van der Waals surface area (Å²) in [7, 11) is 0. The van der Waals surface area contributed by atoms with Gasteiger partial charge < -0.3 is 13.2 Å². The van der Waals surface area contributed by atoms with E-state index < -0.39 is 0 Å². The number of rotatable bonds is 1. The second kappa shape index (κ2) is 7.02. The quantitative estimate of drug-likeness (QED) is 0.219. The van der Waals surface area contributed by atoms with Gasteiger partial charge in [0.25, 0.3) is 0 Å². The third-order valence-corrected chi connectivity index (χ3v) is 8.75. The standard InChI is InChI=1S/C37H21NO2/c1-20-7-6-8-21(17-20)22-18-29-25-13-15-27-23-9-2-4-11-31(23)39-36(27)34(25)38-33(29)30(19-22)26-14-16-28-24-10-3-5-12-32(24)40-37(28)35(26)38/h2-19H,1H3. The maximum absolute atomic E-state index is 6.63. The number of benzene rings is 6. The van der Waals surface area contributed by atoms with Crippen LogP contribution in [0.3, 0.4) is 0 Å². The van der Waals surface area contributed by atoms with Crippen molar-refractivity contribution in [2.45, 2.75) is 6.92 Å². The zero-order valence-corrected chi connectivity index (χ0v) is 21.7. The van der Waals surface area contributed by atoms with Crippen molar-refractivity contribution in [2.75, 3.05) is 0 Å². The highest BCUT2D eigenvalue weighted by molar-refractivity contribution is 6.31. The molecule has 40 heavy (non-hydrogen) atoms. The average molecular weight is 512 g/mol. The van der Waals surface area contributed by atoms with E-state index in [1.165, 1.54) is 43.8 Å². The van der Waals surface area contributed by atoms with Crippen molar-refractivity contribution in [2.24, 2.45) is 0 Å². The van der Waals surface area contributed by atoms with Crippen LogP contribution >= 0.6 is 0 Å². The molecule has 186 valence electrons. The minimum atomic E-state index is 0.906. The molecule has 0 saturated carbocycles. The molecule has 0 N–H and O–H groups in total. The van der Waals surface area contributed by atoms with Gasteiger partial charge in [-0.05, 0) is 54.4 Å². The van der Waals surface area contributed by atoms with Crippen LogP contribution in [0.5, 0.6) is 0 Å². The molecule has 0 atom stereocenters. The zero-order chi connectivity index (χ0) is 26.1. The van der Waals surface area contributed by atoms with E-state index in [1.807, 2.05) is 12.1 Å². The molecule has 0 radical (unpaired) electrons. The Kier molecular flexibility index (Phi) is 3.62. The molecule has 0 amide bonds. The Morgan fingerprint density at radius 2 is 0.975 bits per heavy atom. The lowest BCUT2D eigenvalue weighted by molar-refractivity contribution is 0.670. The van der Waals surface area contributed by atoms with Crippen LogP contribution in [0.4, 0.5) is 0 Å². The van der Waals surface area contributed by atoms with Gasteiger partial charge in [0.2, 0.25) is 0 Å². The minimum absolute atomic E-state index is 0.906. The van der Waals surface area contributed by atoms with Crippen LogP contribution in [0.2, 0.25) is 0 Å². The number of hydrogen-bond donors (Lipinski definition) is 0. The van der Waals surface area contributed by atoms with Crippen LogP contribution in [0.25, 0.3) is 93.1 Å². The van der Waals surface area contributed by atoms with E-state index in [0.717, 1.165) is 54.9 Å². The van der Waals surface area contributed by atoms with Crippen LogP contribution in [0, 0.1) is 6.92 Å². The van der Waals surface area contributed by atoms with Crippen LogP contribution in [0.15, 0.2) is 118 Å². The number of para-hydroxylation sites is 2. The minimum Gasteiger partial charge on any atom is -0.454 e. The van der Waals surface area contributed by atoms with E-state index in [1.54, 1.807) is 0 Å². The van der Waals surface area contributed by atoms with E-state index in [0.29, 0.717) is 0 Å². The molecule has 4 heterocycles. The Morgan fingerprint density at radius 3 is 1.55 bits per heavy atom. The highest BCUT2D eigenvalue weighted by Gasteiger charge is 2.25. The maximum atomic E-state index is 6.63. The number of fused-ring (bicyclic) bond motifs is 14. The molecule has 10 aromatic rings. The van der Waals surface area contributed by atoms with Crippen LogP contribution in [0.1, 0.15) is 5.56 Å². The lowest BCUT2D eigenvalue weighted by Crippen LogP contribution is -1.82. The second-order valence-electron chi connectivity index (χ2n) is 11.0. The molecule has 0 fully saturated rings.